The quantitative estimate of drug-likeness (QED) is 0.829. The van der Waals surface area contributed by atoms with Crippen LogP contribution in [0.2, 0.25) is 0 Å². The van der Waals surface area contributed by atoms with E-state index in [9.17, 15) is 9.90 Å². The second kappa shape index (κ2) is 7.66. The highest BCUT2D eigenvalue weighted by Gasteiger charge is 2.12. The van der Waals surface area contributed by atoms with Gasteiger partial charge in [-0.15, -0.1) is 0 Å². The lowest BCUT2D eigenvalue weighted by molar-refractivity contribution is -0.109. The van der Waals surface area contributed by atoms with E-state index in [1.807, 2.05) is 31.2 Å². The van der Waals surface area contributed by atoms with Crippen molar-refractivity contribution in [2.45, 2.75) is 45.8 Å². The third-order valence-corrected chi connectivity index (χ3v) is 4.71. The minimum atomic E-state index is -0.0725. The minimum Gasteiger partial charge on any atom is -0.489 e. The van der Waals surface area contributed by atoms with E-state index in [1.54, 1.807) is 0 Å². The molecule has 122 valence electrons. The molecule has 2 aromatic carbocycles. The number of aliphatic hydroxyl groups is 1. The highest BCUT2D eigenvalue weighted by Crippen LogP contribution is 2.29. The fourth-order valence-electron chi connectivity index (χ4n) is 2.41. The van der Waals surface area contributed by atoms with E-state index in [4.69, 9.17) is 4.74 Å². The van der Waals surface area contributed by atoms with Crippen LogP contribution in [0.5, 0.6) is 5.75 Å². The van der Waals surface area contributed by atoms with Gasteiger partial charge in [0.05, 0.1) is 6.61 Å². The van der Waals surface area contributed by atoms with E-state index in [0.717, 1.165) is 27.3 Å². The summed E-state index contributed by atoms with van der Waals surface area (Å²) < 4.78 is 5.99. The van der Waals surface area contributed by atoms with Crippen LogP contribution in [-0.2, 0) is 18.0 Å². The molecule has 0 saturated carbocycles. The van der Waals surface area contributed by atoms with E-state index in [1.165, 1.54) is 29.8 Å². The molecule has 1 N–H and O–H groups in total. The lowest BCUT2D eigenvalue weighted by Gasteiger charge is -2.16. The second-order valence-corrected chi connectivity index (χ2v) is 6.86. The van der Waals surface area contributed by atoms with E-state index in [-0.39, 0.29) is 11.7 Å². The van der Waals surface area contributed by atoms with Crippen LogP contribution in [0.4, 0.5) is 0 Å². The Kier molecular flexibility index (Phi) is 5.85. The van der Waals surface area contributed by atoms with Gasteiger partial charge in [0.15, 0.2) is 5.12 Å². The van der Waals surface area contributed by atoms with Crippen LogP contribution in [-0.4, -0.2) is 10.2 Å². The Morgan fingerprint density at radius 3 is 2.48 bits per heavy atom. The summed E-state index contributed by atoms with van der Waals surface area (Å²) in [6, 6.07) is 9.73. The van der Waals surface area contributed by atoms with Crippen LogP contribution >= 0.6 is 11.8 Å². The van der Waals surface area contributed by atoms with Crippen molar-refractivity contribution in [2.24, 2.45) is 0 Å². The van der Waals surface area contributed by atoms with Crippen molar-refractivity contribution in [3.8, 4) is 5.75 Å². The monoisotopic (exact) mass is 330 g/mol. The van der Waals surface area contributed by atoms with Gasteiger partial charge >= 0.3 is 0 Å². The molecule has 2 aromatic rings. The maximum atomic E-state index is 11.4. The van der Waals surface area contributed by atoms with Crippen molar-refractivity contribution in [1.82, 2.24) is 0 Å². The van der Waals surface area contributed by atoms with Gasteiger partial charge in [-0.1, -0.05) is 30.0 Å². The molecular weight excluding hydrogens is 308 g/mol. The van der Waals surface area contributed by atoms with Crippen LogP contribution in [0.25, 0.3) is 0 Å². The van der Waals surface area contributed by atoms with E-state index >= 15 is 0 Å². The molecule has 0 unspecified atom stereocenters. The van der Waals surface area contributed by atoms with Crippen molar-refractivity contribution >= 4 is 16.9 Å². The Morgan fingerprint density at radius 1 is 1.13 bits per heavy atom. The molecule has 23 heavy (non-hydrogen) atoms. The molecule has 0 aromatic heterocycles. The van der Waals surface area contributed by atoms with Crippen molar-refractivity contribution in [1.29, 1.82) is 0 Å². The number of carbonyl (C=O) groups is 1. The van der Waals surface area contributed by atoms with Gasteiger partial charge in [0.2, 0.25) is 0 Å². The molecule has 0 saturated heterocycles. The standard InChI is InChI=1S/C19H22O3S/c1-12-8-14(3)18(9-13(12)2)22-11-17-16(10-20)6-5-7-19(17)23-15(4)21/h5-9,20H,10-11H2,1-4H3. The highest BCUT2D eigenvalue weighted by molar-refractivity contribution is 8.13. The molecule has 0 atom stereocenters. The van der Waals surface area contributed by atoms with Gasteiger partial charge in [0.1, 0.15) is 12.4 Å². The molecule has 0 aliphatic rings. The summed E-state index contributed by atoms with van der Waals surface area (Å²) in [4.78, 5) is 12.3. The largest absolute Gasteiger partial charge is 0.489 e. The number of benzene rings is 2. The van der Waals surface area contributed by atoms with Crippen LogP contribution in [0.3, 0.4) is 0 Å². The van der Waals surface area contributed by atoms with Crippen molar-refractivity contribution in [3.63, 3.8) is 0 Å². The van der Waals surface area contributed by atoms with Crippen LogP contribution in [0, 0.1) is 20.8 Å². The number of carbonyl (C=O) groups excluding carboxylic acids is 1. The molecule has 0 bridgehead atoms. The summed E-state index contributed by atoms with van der Waals surface area (Å²) in [7, 11) is 0. The summed E-state index contributed by atoms with van der Waals surface area (Å²) in [6.45, 7) is 7.95. The molecule has 0 aliphatic heterocycles. The number of thioether (sulfide) groups is 1. The summed E-state index contributed by atoms with van der Waals surface area (Å²) in [5.74, 6) is 0.833. The first-order chi connectivity index (χ1) is 10.9. The lowest BCUT2D eigenvalue weighted by atomic mass is 10.1. The maximum absolute atomic E-state index is 11.4. The van der Waals surface area contributed by atoms with Gasteiger partial charge in [-0.3, -0.25) is 4.79 Å². The lowest BCUT2D eigenvalue weighted by Crippen LogP contribution is -2.04. The normalized spacial score (nSPS) is 10.7. The number of ether oxygens (including phenoxy) is 1. The molecule has 0 spiro atoms. The number of hydrogen-bond acceptors (Lipinski definition) is 4. The average Bonchev–Trinajstić information content (AvgIpc) is 2.49. The van der Waals surface area contributed by atoms with Crippen LogP contribution in [0.15, 0.2) is 35.2 Å². The molecule has 0 heterocycles. The van der Waals surface area contributed by atoms with Gasteiger partial charge < -0.3 is 9.84 Å². The SMILES string of the molecule is CC(=O)Sc1cccc(CO)c1COc1cc(C)c(C)cc1C. The smallest absolute Gasteiger partial charge is 0.190 e. The fraction of sp³-hybridized carbons (Fsp3) is 0.316. The van der Waals surface area contributed by atoms with Gasteiger partial charge in [0, 0.05) is 17.4 Å². The molecule has 0 amide bonds. The van der Waals surface area contributed by atoms with E-state index in [2.05, 4.69) is 19.9 Å². The zero-order valence-corrected chi connectivity index (χ0v) is 14.8. The van der Waals surface area contributed by atoms with Gasteiger partial charge in [-0.2, -0.15) is 0 Å². The Morgan fingerprint density at radius 2 is 1.83 bits per heavy atom. The molecular formula is C19H22O3S. The van der Waals surface area contributed by atoms with Crippen molar-refractivity contribution in [2.75, 3.05) is 0 Å². The first-order valence-corrected chi connectivity index (χ1v) is 8.34. The Balaban J connectivity index is 2.29. The Bertz CT molecular complexity index is 723. The molecule has 3 nitrogen and oxygen atoms in total. The highest BCUT2D eigenvalue weighted by atomic mass is 32.2. The third kappa shape index (κ3) is 4.36. The van der Waals surface area contributed by atoms with E-state index < -0.39 is 0 Å². The predicted octanol–water partition coefficient (Wildman–Crippen LogP) is 4.32. The van der Waals surface area contributed by atoms with Crippen LogP contribution in [0.1, 0.15) is 34.7 Å². The molecule has 0 radical (unpaired) electrons. The Labute approximate surface area is 141 Å². The summed E-state index contributed by atoms with van der Waals surface area (Å²) in [5, 5.41) is 9.58. The predicted molar refractivity (Wildman–Crippen MR) is 93.9 cm³/mol. The van der Waals surface area contributed by atoms with Crippen molar-refractivity contribution < 1.29 is 14.6 Å². The third-order valence-electron chi connectivity index (χ3n) is 3.82. The van der Waals surface area contributed by atoms with Crippen LogP contribution < -0.4 is 4.74 Å². The summed E-state index contributed by atoms with van der Waals surface area (Å²) in [5.41, 5.74) is 5.15. The van der Waals surface area contributed by atoms with Gasteiger partial charge in [-0.25, -0.2) is 0 Å². The average molecular weight is 330 g/mol. The maximum Gasteiger partial charge on any atom is 0.190 e. The molecule has 4 heteroatoms. The Hall–Kier alpha value is -1.78. The topological polar surface area (TPSA) is 46.5 Å². The zero-order valence-electron chi connectivity index (χ0n) is 14.0. The molecule has 0 aliphatic carbocycles. The van der Waals surface area contributed by atoms with E-state index in [0.29, 0.717) is 6.61 Å². The number of aliphatic hydroxyl groups excluding tert-OH is 1. The first kappa shape index (κ1) is 17.6. The minimum absolute atomic E-state index is 0.0173. The summed E-state index contributed by atoms with van der Waals surface area (Å²) in [6.07, 6.45) is 0. The fourth-order valence-corrected chi connectivity index (χ4v) is 3.18. The number of rotatable bonds is 5. The summed E-state index contributed by atoms with van der Waals surface area (Å²) >= 11 is 1.17. The molecule has 0 fully saturated rings. The second-order valence-electron chi connectivity index (χ2n) is 5.64. The molecule has 2 rings (SSSR count). The number of aryl methyl sites for hydroxylation is 3. The van der Waals surface area contributed by atoms with Crippen molar-refractivity contribution in [3.05, 3.63) is 58.1 Å². The number of hydrogen-bond donors (Lipinski definition) is 1. The first-order valence-electron chi connectivity index (χ1n) is 7.53. The van der Waals surface area contributed by atoms with Gasteiger partial charge in [-0.05, 0) is 55.2 Å². The zero-order chi connectivity index (χ0) is 17.0. The van der Waals surface area contributed by atoms with Gasteiger partial charge in [0.25, 0.3) is 0 Å².